The average Bonchev–Trinajstić information content (AvgIpc) is 3.20. The third kappa shape index (κ3) is 4.85. The Hall–Kier alpha value is -4.58. The van der Waals surface area contributed by atoms with E-state index in [1.54, 1.807) is 36.1 Å². The van der Waals surface area contributed by atoms with E-state index < -0.39 is 46.6 Å². The van der Waals surface area contributed by atoms with Gasteiger partial charge in [-0.25, -0.2) is 8.78 Å². The summed E-state index contributed by atoms with van der Waals surface area (Å²) in [5.74, 6) is -3.23. The summed E-state index contributed by atoms with van der Waals surface area (Å²) in [7, 11) is 0. The fourth-order valence-electron chi connectivity index (χ4n) is 6.08. The Kier molecular flexibility index (Phi) is 7.25. The molecule has 43 heavy (non-hydrogen) atoms. The molecule has 3 aromatic rings. The van der Waals surface area contributed by atoms with E-state index in [1.807, 2.05) is 13.0 Å². The molecule has 1 saturated heterocycles. The third-order valence-corrected chi connectivity index (χ3v) is 8.55. The standard InChI is InChI=1S/C31H30F2N4O6/c1-17-10-11-31(28(39)18(2)35-43-31)24-15-36(17)30(41)25-27(42-16-19-6-4-3-5-7-19)26(38)22(14-37(24)25)29(40)34-13-20-8-9-21(32)12-23(20)33/h3-9,12,14,17,24,28,39H,10-11,13,15-16H2,1-2H3,(H,34,40)/t17-,24+,28+,31-/m0/s1. The van der Waals surface area contributed by atoms with Crippen molar-refractivity contribution in [1.82, 2.24) is 14.8 Å². The van der Waals surface area contributed by atoms with Gasteiger partial charge in [-0.15, -0.1) is 0 Å². The molecule has 2 N–H and O–H groups in total. The first kappa shape index (κ1) is 28.5. The van der Waals surface area contributed by atoms with Crippen LogP contribution in [0.4, 0.5) is 8.78 Å². The molecule has 2 bridgehead atoms. The number of benzene rings is 2. The van der Waals surface area contributed by atoms with Gasteiger partial charge in [0.1, 0.15) is 29.9 Å². The normalized spacial score (nSPS) is 24.2. The lowest BCUT2D eigenvalue weighted by Gasteiger charge is -2.43. The number of fused-ring (bicyclic) bond motifs is 5. The number of pyridine rings is 1. The predicted molar refractivity (Wildman–Crippen MR) is 151 cm³/mol. The molecule has 1 fully saturated rings. The number of ether oxygens (including phenoxy) is 1. The Balaban J connectivity index is 1.47. The van der Waals surface area contributed by atoms with Gasteiger partial charge in [-0.3, -0.25) is 14.4 Å². The van der Waals surface area contributed by atoms with Crippen LogP contribution in [0.2, 0.25) is 0 Å². The van der Waals surface area contributed by atoms with Crippen LogP contribution in [0, 0.1) is 11.6 Å². The number of nitrogens with one attached hydrogen (secondary N) is 1. The van der Waals surface area contributed by atoms with Gasteiger partial charge < -0.3 is 29.5 Å². The number of halogens is 2. The quantitative estimate of drug-likeness (QED) is 0.453. The minimum Gasteiger partial charge on any atom is -0.483 e. The van der Waals surface area contributed by atoms with E-state index in [0.29, 0.717) is 24.6 Å². The molecule has 0 saturated carbocycles. The van der Waals surface area contributed by atoms with Crippen molar-refractivity contribution >= 4 is 17.5 Å². The molecule has 3 aliphatic rings. The summed E-state index contributed by atoms with van der Waals surface area (Å²) < 4.78 is 35.1. The lowest BCUT2D eigenvalue weighted by Crippen LogP contribution is -2.56. The highest BCUT2D eigenvalue weighted by atomic mass is 19.1. The molecule has 12 heteroatoms. The molecule has 2 amide bonds. The van der Waals surface area contributed by atoms with Crippen LogP contribution in [-0.2, 0) is 18.0 Å². The molecule has 4 atom stereocenters. The van der Waals surface area contributed by atoms with Gasteiger partial charge in [-0.1, -0.05) is 41.6 Å². The van der Waals surface area contributed by atoms with E-state index in [2.05, 4.69) is 10.5 Å². The number of hydrogen-bond donors (Lipinski definition) is 2. The molecular formula is C31H30F2N4O6. The maximum atomic E-state index is 14.3. The van der Waals surface area contributed by atoms with Crippen LogP contribution < -0.4 is 15.5 Å². The minimum atomic E-state index is -1.26. The van der Waals surface area contributed by atoms with Crippen LogP contribution in [0.15, 0.2) is 64.7 Å². The maximum Gasteiger partial charge on any atom is 0.274 e. The fraction of sp³-hybridized carbons (Fsp3) is 0.355. The number of hydrogen-bond acceptors (Lipinski definition) is 7. The van der Waals surface area contributed by atoms with Crippen molar-refractivity contribution in [1.29, 1.82) is 0 Å². The highest BCUT2D eigenvalue weighted by Gasteiger charge is 2.58. The maximum absolute atomic E-state index is 14.3. The van der Waals surface area contributed by atoms with Crippen LogP contribution in [0.3, 0.4) is 0 Å². The SMILES string of the molecule is CC1=NO[C@]2(CC[C@H](C)N3C[C@H]2n2cc(C(=O)NCc4ccc(F)cc4F)c(=O)c(OCc4ccccc4)c2C3=O)[C@@H]1O. The Morgan fingerprint density at radius 1 is 1.21 bits per heavy atom. The zero-order chi connectivity index (χ0) is 30.5. The van der Waals surface area contributed by atoms with E-state index in [-0.39, 0.29) is 48.3 Å². The first-order chi connectivity index (χ1) is 20.6. The topological polar surface area (TPSA) is 122 Å². The van der Waals surface area contributed by atoms with Gasteiger partial charge in [0.05, 0.1) is 11.8 Å². The van der Waals surface area contributed by atoms with Crippen LogP contribution in [0.5, 0.6) is 5.75 Å². The second-order valence-electron chi connectivity index (χ2n) is 11.2. The van der Waals surface area contributed by atoms with Gasteiger partial charge >= 0.3 is 0 Å². The average molecular weight is 593 g/mol. The summed E-state index contributed by atoms with van der Waals surface area (Å²) in [6.07, 6.45) is 1.02. The molecule has 6 rings (SSSR count). The largest absolute Gasteiger partial charge is 0.483 e. The van der Waals surface area contributed by atoms with Gasteiger partial charge in [0.25, 0.3) is 11.8 Å². The van der Waals surface area contributed by atoms with Crippen molar-refractivity contribution in [2.75, 3.05) is 6.54 Å². The number of aliphatic hydroxyl groups is 1. The number of amides is 2. The molecule has 1 aromatic heterocycles. The van der Waals surface area contributed by atoms with Gasteiger partial charge in [0.15, 0.2) is 17.0 Å². The summed E-state index contributed by atoms with van der Waals surface area (Å²) >= 11 is 0. The lowest BCUT2D eigenvalue weighted by atomic mass is 9.82. The Morgan fingerprint density at radius 2 is 1.98 bits per heavy atom. The number of carbonyl (C=O) groups excluding carboxylic acids is 2. The Labute approximate surface area is 245 Å². The number of oxime groups is 1. The van der Waals surface area contributed by atoms with Crippen molar-refractivity contribution in [2.45, 2.75) is 63.6 Å². The van der Waals surface area contributed by atoms with Crippen molar-refractivity contribution < 1.29 is 33.1 Å². The summed E-state index contributed by atoms with van der Waals surface area (Å²) in [6.45, 7) is 3.29. The van der Waals surface area contributed by atoms with Crippen molar-refractivity contribution in [3.05, 3.63) is 99.0 Å². The van der Waals surface area contributed by atoms with Gasteiger partial charge in [-0.05, 0) is 38.3 Å². The molecule has 10 nitrogen and oxygen atoms in total. The first-order valence-corrected chi connectivity index (χ1v) is 14.0. The van der Waals surface area contributed by atoms with Crippen LogP contribution in [0.1, 0.15) is 64.7 Å². The summed E-state index contributed by atoms with van der Waals surface area (Å²) in [5.41, 5.74) is -1.38. The molecular weight excluding hydrogens is 562 g/mol. The lowest BCUT2D eigenvalue weighted by molar-refractivity contribution is -0.114. The predicted octanol–water partition coefficient (Wildman–Crippen LogP) is 3.32. The molecule has 2 aromatic carbocycles. The van der Waals surface area contributed by atoms with Crippen molar-refractivity contribution in [3.63, 3.8) is 0 Å². The van der Waals surface area contributed by atoms with E-state index in [1.165, 1.54) is 16.8 Å². The molecule has 0 unspecified atom stereocenters. The number of aliphatic hydroxyl groups excluding tert-OH is 1. The smallest absolute Gasteiger partial charge is 0.274 e. The molecule has 3 aliphatic heterocycles. The second kappa shape index (κ2) is 10.9. The highest BCUT2D eigenvalue weighted by Crippen LogP contribution is 2.46. The molecule has 0 aliphatic carbocycles. The zero-order valence-corrected chi connectivity index (χ0v) is 23.5. The second-order valence-corrected chi connectivity index (χ2v) is 11.2. The summed E-state index contributed by atoms with van der Waals surface area (Å²) in [6, 6.07) is 11.0. The van der Waals surface area contributed by atoms with Crippen LogP contribution >= 0.6 is 0 Å². The summed E-state index contributed by atoms with van der Waals surface area (Å²) in [4.78, 5) is 48.9. The minimum absolute atomic E-state index is 0.0194. The molecule has 1 spiro atoms. The summed E-state index contributed by atoms with van der Waals surface area (Å²) in [5, 5.41) is 17.9. The van der Waals surface area contributed by atoms with E-state index >= 15 is 0 Å². The number of aromatic nitrogens is 1. The highest BCUT2D eigenvalue weighted by molar-refractivity contribution is 5.99. The molecule has 4 heterocycles. The zero-order valence-electron chi connectivity index (χ0n) is 23.5. The van der Waals surface area contributed by atoms with Gasteiger partial charge in [0.2, 0.25) is 5.43 Å². The van der Waals surface area contributed by atoms with E-state index in [4.69, 9.17) is 9.57 Å². The van der Waals surface area contributed by atoms with Crippen LogP contribution in [0.25, 0.3) is 0 Å². The molecule has 0 radical (unpaired) electrons. The van der Waals surface area contributed by atoms with E-state index in [9.17, 15) is 28.3 Å². The monoisotopic (exact) mass is 592 g/mol. The number of rotatable bonds is 6. The van der Waals surface area contributed by atoms with Gasteiger partial charge in [0, 0.05) is 37.0 Å². The van der Waals surface area contributed by atoms with E-state index in [0.717, 1.165) is 11.6 Å². The number of carbonyl (C=O) groups is 2. The fourth-order valence-corrected chi connectivity index (χ4v) is 6.08. The first-order valence-electron chi connectivity index (χ1n) is 14.0. The van der Waals surface area contributed by atoms with Crippen molar-refractivity contribution in [2.24, 2.45) is 5.16 Å². The van der Waals surface area contributed by atoms with Crippen LogP contribution in [-0.4, -0.2) is 56.4 Å². The third-order valence-electron chi connectivity index (χ3n) is 8.55. The number of nitrogens with zero attached hydrogens (tertiary/aromatic N) is 3. The molecule has 224 valence electrons. The Morgan fingerprint density at radius 3 is 2.67 bits per heavy atom. The van der Waals surface area contributed by atoms with Gasteiger partial charge in [-0.2, -0.15) is 0 Å². The Bertz CT molecular complexity index is 1690. The van der Waals surface area contributed by atoms with Crippen molar-refractivity contribution in [3.8, 4) is 5.75 Å².